The molecule has 2 unspecified atom stereocenters. The molecular weight excluding hydrogens is 198 g/mol. The van der Waals surface area contributed by atoms with Crippen molar-refractivity contribution in [3.05, 3.63) is 25.3 Å². The van der Waals surface area contributed by atoms with Gasteiger partial charge in [-0.3, -0.25) is 4.90 Å². The van der Waals surface area contributed by atoms with Crippen LogP contribution in [0.2, 0.25) is 0 Å². The van der Waals surface area contributed by atoms with Crippen molar-refractivity contribution in [3.8, 4) is 0 Å². The van der Waals surface area contributed by atoms with Gasteiger partial charge < -0.3 is 4.74 Å². The average molecular weight is 216 g/mol. The number of nitrogens with zero attached hydrogens (tertiary/aromatic N) is 1. The Kier molecular flexibility index (Phi) is 5.23. The number of hydrogen-bond donors (Lipinski definition) is 0. The third-order valence-corrected chi connectivity index (χ3v) is 2.90. The monoisotopic (exact) mass is 215 g/mol. The van der Waals surface area contributed by atoms with Crippen molar-refractivity contribution in [2.24, 2.45) is 0 Å². The smallest absolute Gasteiger partial charge is 0.112 e. The topological polar surface area (TPSA) is 12.5 Å². The Hall–Kier alpha value is -0.310. The van der Waals surface area contributed by atoms with Crippen molar-refractivity contribution in [2.75, 3.05) is 19.7 Å². The first-order chi connectivity index (χ1) is 6.79. The minimum Gasteiger partial charge on any atom is -0.375 e. The molecule has 1 aliphatic rings. The number of hydrogen-bond acceptors (Lipinski definition) is 2. The molecule has 0 aliphatic carbocycles. The fourth-order valence-corrected chi connectivity index (χ4v) is 2.02. The minimum atomic E-state index is -0.0616. The third-order valence-electron chi connectivity index (χ3n) is 2.35. The van der Waals surface area contributed by atoms with Gasteiger partial charge in [-0.2, -0.15) is 0 Å². The minimum absolute atomic E-state index is 0.0616. The average Bonchev–Trinajstić information content (AvgIpc) is 2.69. The van der Waals surface area contributed by atoms with Crippen LogP contribution in [0.25, 0.3) is 0 Å². The lowest BCUT2D eigenvalue weighted by molar-refractivity contribution is 0.0644. The number of rotatable bonds is 6. The van der Waals surface area contributed by atoms with E-state index < -0.39 is 0 Å². The Morgan fingerprint density at radius 2 is 2.07 bits per heavy atom. The van der Waals surface area contributed by atoms with E-state index in [1.807, 2.05) is 12.2 Å². The second kappa shape index (κ2) is 6.23. The standard InChI is InChI=1S/C11H18ClNO/c1-3-7-13(8-4-2)11(12)10-6-5-9-14-10/h3-4,10-11H,1-2,5-9H2. The lowest BCUT2D eigenvalue weighted by Crippen LogP contribution is -2.39. The Morgan fingerprint density at radius 3 is 2.50 bits per heavy atom. The highest BCUT2D eigenvalue weighted by atomic mass is 35.5. The number of halogens is 1. The van der Waals surface area contributed by atoms with Crippen LogP contribution in [0.15, 0.2) is 25.3 Å². The molecule has 0 aromatic heterocycles. The molecule has 80 valence electrons. The first kappa shape index (κ1) is 11.8. The highest BCUT2D eigenvalue weighted by Crippen LogP contribution is 2.22. The van der Waals surface area contributed by atoms with E-state index >= 15 is 0 Å². The van der Waals surface area contributed by atoms with Crippen LogP contribution in [-0.4, -0.2) is 36.2 Å². The predicted octanol–water partition coefficient (Wildman–Crippen LogP) is 2.40. The summed E-state index contributed by atoms with van der Waals surface area (Å²) < 4.78 is 5.55. The van der Waals surface area contributed by atoms with Gasteiger partial charge >= 0.3 is 0 Å². The van der Waals surface area contributed by atoms with Gasteiger partial charge in [0.2, 0.25) is 0 Å². The third kappa shape index (κ3) is 3.12. The van der Waals surface area contributed by atoms with Crippen molar-refractivity contribution in [1.82, 2.24) is 4.90 Å². The zero-order valence-corrected chi connectivity index (χ0v) is 9.25. The first-order valence-electron chi connectivity index (χ1n) is 5.01. The molecule has 0 bridgehead atoms. The molecule has 0 N–H and O–H groups in total. The lowest BCUT2D eigenvalue weighted by Gasteiger charge is -2.28. The van der Waals surface area contributed by atoms with Gasteiger partial charge in [-0.05, 0) is 12.8 Å². The van der Waals surface area contributed by atoms with Gasteiger partial charge in [-0.15, -0.1) is 24.8 Å². The van der Waals surface area contributed by atoms with Gasteiger partial charge in [0.15, 0.2) is 0 Å². The van der Waals surface area contributed by atoms with Crippen molar-refractivity contribution >= 4 is 11.6 Å². The van der Waals surface area contributed by atoms with Crippen LogP contribution in [0.4, 0.5) is 0 Å². The normalized spacial score (nSPS) is 23.7. The molecule has 14 heavy (non-hydrogen) atoms. The summed E-state index contributed by atoms with van der Waals surface area (Å²) in [7, 11) is 0. The summed E-state index contributed by atoms with van der Waals surface area (Å²) in [5.74, 6) is 0. The highest BCUT2D eigenvalue weighted by molar-refractivity contribution is 6.20. The van der Waals surface area contributed by atoms with Crippen LogP contribution >= 0.6 is 11.6 Å². The molecule has 1 fully saturated rings. The number of alkyl halides is 1. The van der Waals surface area contributed by atoms with Gasteiger partial charge in [0.25, 0.3) is 0 Å². The van der Waals surface area contributed by atoms with Crippen molar-refractivity contribution in [1.29, 1.82) is 0 Å². The molecule has 0 aromatic rings. The van der Waals surface area contributed by atoms with E-state index in [4.69, 9.17) is 16.3 Å². The molecular formula is C11H18ClNO. The predicted molar refractivity (Wildman–Crippen MR) is 60.6 cm³/mol. The highest BCUT2D eigenvalue weighted by Gasteiger charge is 2.27. The number of ether oxygens (including phenoxy) is 1. The van der Waals surface area contributed by atoms with Crippen LogP contribution in [0, 0.1) is 0 Å². The summed E-state index contributed by atoms with van der Waals surface area (Å²) in [6.45, 7) is 9.83. The molecule has 1 saturated heterocycles. The Morgan fingerprint density at radius 1 is 1.43 bits per heavy atom. The van der Waals surface area contributed by atoms with Crippen molar-refractivity contribution < 1.29 is 4.74 Å². The van der Waals surface area contributed by atoms with Gasteiger partial charge in [-0.1, -0.05) is 12.2 Å². The molecule has 3 heteroatoms. The Balaban J connectivity index is 2.46. The molecule has 2 nitrogen and oxygen atoms in total. The summed E-state index contributed by atoms with van der Waals surface area (Å²) >= 11 is 6.32. The summed E-state index contributed by atoms with van der Waals surface area (Å²) in [5, 5.41) is 0. The van der Waals surface area contributed by atoms with Crippen LogP contribution < -0.4 is 0 Å². The molecule has 1 aliphatic heterocycles. The summed E-state index contributed by atoms with van der Waals surface area (Å²) in [4.78, 5) is 2.11. The van der Waals surface area contributed by atoms with E-state index in [2.05, 4.69) is 18.1 Å². The zero-order chi connectivity index (χ0) is 10.4. The second-order valence-electron chi connectivity index (χ2n) is 3.46. The summed E-state index contributed by atoms with van der Waals surface area (Å²) in [6.07, 6.45) is 6.04. The Bertz CT molecular complexity index is 180. The quantitative estimate of drug-likeness (QED) is 0.383. The zero-order valence-electron chi connectivity index (χ0n) is 8.49. The molecule has 0 radical (unpaired) electrons. The second-order valence-corrected chi connectivity index (χ2v) is 3.90. The van der Waals surface area contributed by atoms with E-state index in [1.165, 1.54) is 0 Å². The molecule has 0 amide bonds. The molecule has 0 saturated carbocycles. The van der Waals surface area contributed by atoms with Gasteiger partial charge in [0, 0.05) is 19.7 Å². The van der Waals surface area contributed by atoms with E-state index in [1.54, 1.807) is 0 Å². The van der Waals surface area contributed by atoms with Gasteiger partial charge in [0.1, 0.15) is 5.50 Å². The van der Waals surface area contributed by atoms with Gasteiger partial charge in [-0.25, -0.2) is 0 Å². The van der Waals surface area contributed by atoms with Crippen molar-refractivity contribution in [2.45, 2.75) is 24.4 Å². The lowest BCUT2D eigenvalue weighted by atomic mass is 10.2. The summed E-state index contributed by atoms with van der Waals surface area (Å²) in [6, 6.07) is 0. The Labute approximate surface area is 91.2 Å². The van der Waals surface area contributed by atoms with Gasteiger partial charge in [0.05, 0.1) is 6.10 Å². The van der Waals surface area contributed by atoms with E-state index in [0.717, 1.165) is 32.5 Å². The fraction of sp³-hybridized carbons (Fsp3) is 0.636. The maximum atomic E-state index is 6.32. The largest absolute Gasteiger partial charge is 0.375 e. The van der Waals surface area contributed by atoms with E-state index in [0.29, 0.717) is 0 Å². The van der Waals surface area contributed by atoms with E-state index in [9.17, 15) is 0 Å². The van der Waals surface area contributed by atoms with Crippen LogP contribution in [0.3, 0.4) is 0 Å². The van der Waals surface area contributed by atoms with Crippen LogP contribution in [0.1, 0.15) is 12.8 Å². The molecule has 1 heterocycles. The van der Waals surface area contributed by atoms with Crippen LogP contribution in [-0.2, 0) is 4.74 Å². The van der Waals surface area contributed by atoms with E-state index in [-0.39, 0.29) is 11.6 Å². The molecule has 0 aromatic carbocycles. The SMILES string of the molecule is C=CCN(CC=C)C(Cl)C1CCCO1. The maximum Gasteiger partial charge on any atom is 0.112 e. The fourth-order valence-electron chi connectivity index (χ4n) is 1.66. The molecule has 2 atom stereocenters. The first-order valence-corrected chi connectivity index (χ1v) is 5.44. The molecule has 0 spiro atoms. The molecule has 1 rings (SSSR count). The van der Waals surface area contributed by atoms with Crippen LogP contribution in [0.5, 0.6) is 0 Å². The van der Waals surface area contributed by atoms with Crippen molar-refractivity contribution in [3.63, 3.8) is 0 Å². The maximum absolute atomic E-state index is 6.32. The summed E-state index contributed by atoms with van der Waals surface area (Å²) in [5.41, 5.74) is -0.0616.